The molecule has 6 heteroatoms. The minimum atomic E-state index is -1.32. The van der Waals surface area contributed by atoms with Crippen LogP contribution in [0.5, 0.6) is 0 Å². The molecular formula is C14H21NO5. The van der Waals surface area contributed by atoms with E-state index in [2.05, 4.69) is 5.32 Å². The third kappa shape index (κ3) is 3.54. The molecule has 5 N–H and O–H groups in total. The minimum Gasteiger partial charge on any atom is -0.394 e. The predicted molar refractivity (Wildman–Crippen MR) is 71.9 cm³/mol. The average Bonchev–Trinajstić information content (AvgIpc) is 2.48. The monoisotopic (exact) mass is 283 g/mol. The van der Waals surface area contributed by atoms with Crippen LogP contribution >= 0.6 is 0 Å². The zero-order chi connectivity index (χ0) is 14.5. The molecular weight excluding hydrogens is 262 g/mol. The number of aliphatic hydroxyl groups is 4. The highest BCUT2D eigenvalue weighted by molar-refractivity contribution is 5.14. The molecule has 0 aromatic heterocycles. The topological polar surface area (TPSA) is 102 Å². The van der Waals surface area contributed by atoms with Gasteiger partial charge >= 0.3 is 0 Å². The number of benzene rings is 1. The predicted octanol–water partition coefficient (Wildman–Crippen LogP) is -1.38. The molecule has 0 unspecified atom stereocenters. The van der Waals surface area contributed by atoms with Gasteiger partial charge in [0, 0.05) is 13.1 Å². The summed E-state index contributed by atoms with van der Waals surface area (Å²) in [5.41, 5.74) is 1.09. The summed E-state index contributed by atoms with van der Waals surface area (Å²) in [7, 11) is 0. The molecule has 1 heterocycles. The van der Waals surface area contributed by atoms with Crippen LogP contribution in [0.3, 0.4) is 0 Å². The van der Waals surface area contributed by atoms with Crippen molar-refractivity contribution in [3.63, 3.8) is 0 Å². The summed E-state index contributed by atoms with van der Waals surface area (Å²) in [5.74, 6) is 0. The van der Waals surface area contributed by atoms with Crippen LogP contribution in [0.15, 0.2) is 30.3 Å². The van der Waals surface area contributed by atoms with E-state index >= 15 is 0 Å². The van der Waals surface area contributed by atoms with Gasteiger partial charge in [-0.15, -0.1) is 0 Å². The molecule has 6 nitrogen and oxygen atoms in total. The summed E-state index contributed by atoms with van der Waals surface area (Å²) in [6, 6.07) is 9.75. The summed E-state index contributed by atoms with van der Waals surface area (Å²) in [5, 5.41) is 41.4. The van der Waals surface area contributed by atoms with Crippen molar-refractivity contribution in [3.05, 3.63) is 35.9 Å². The number of rotatable bonds is 5. The van der Waals surface area contributed by atoms with E-state index in [4.69, 9.17) is 9.84 Å². The van der Waals surface area contributed by atoms with Gasteiger partial charge in [0.1, 0.15) is 24.4 Å². The molecule has 0 saturated carbocycles. The lowest BCUT2D eigenvalue weighted by Gasteiger charge is -2.40. The second-order valence-electron chi connectivity index (χ2n) is 4.98. The van der Waals surface area contributed by atoms with Gasteiger partial charge in [-0.25, -0.2) is 0 Å². The third-order valence-corrected chi connectivity index (χ3v) is 3.51. The van der Waals surface area contributed by atoms with Crippen molar-refractivity contribution in [2.75, 3.05) is 13.2 Å². The smallest absolute Gasteiger partial charge is 0.111 e. The van der Waals surface area contributed by atoms with E-state index in [1.807, 2.05) is 30.3 Å². The van der Waals surface area contributed by atoms with E-state index in [0.29, 0.717) is 13.1 Å². The third-order valence-electron chi connectivity index (χ3n) is 3.51. The number of aliphatic hydroxyl groups excluding tert-OH is 4. The maximum Gasteiger partial charge on any atom is 0.111 e. The highest BCUT2D eigenvalue weighted by atomic mass is 16.5. The van der Waals surface area contributed by atoms with Crippen LogP contribution in [-0.2, 0) is 11.3 Å². The van der Waals surface area contributed by atoms with Crippen molar-refractivity contribution >= 4 is 0 Å². The standard InChI is InChI=1S/C14H21NO5/c16-8-11-13(18)14(19)12(17)10(20-11)7-15-6-9-4-2-1-3-5-9/h1-5,10-19H,6-8H2/t10-,11+,12-,13+,14+/m0/s1. The molecule has 0 aliphatic carbocycles. The number of hydrogen-bond acceptors (Lipinski definition) is 6. The first-order valence-corrected chi connectivity index (χ1v) is 6.68. The minimum absolute atomic E-state index is 0.316. The fourth-order valence-corrected chi connectivity index (χ4v) is 2.30. The molecule has 0 spiro atoms. The second kappa shape index (κ2) is 7.12. The van der Waals surface area contributed by atoms with Crippen molar-refractivity contribution in [2.24, 2.45) is 0 Å². The lowest BCUT2D eigenvalue weighted by molar-refractivity contribution is -0.227. The van der Waals surface area contributed by atoms with Gasteiger partial charge in [0.05, 0.1) is 12.7 Å². The molecule has 0 radical (unpaired) electrons. The van der Waals surface area contributed by atoms with Crippen LogP contribution in [0.4, 0.5) is 0 Å². The summed E-state index contributed by atoms with van der Waals surface area (Å²) >= 11 is 0. The molecule has 5 atom stereocenters. The summed E-state index contributed by atoms with van der Waals surface area (Å²) in [4.78, 5) is 0. The molecule has 1 aromatic carbocycles. The van der Waals surface area contributed by atoms with Crippen LogP contribution in [-0.4, -0.2) is 64.1 Å². The first-order valence-electron chi connectivity index (χ1n) is 6.68. The van der Waals surface area contributed by atoms with Gasteiger partial charge in [-0.2, -0.15) is 0 Å². The van der Waals surface area contributed by atoms with Crippen LogP contribution < -0.4 is 5.32 Å². The molecule has 1 aromatic rings. The SMILES string of the molecule is OC[C@H]1O[C@@H](CNCc2ccccc2)[C@H](O)[C@@H](O)[C@@H]1O. The molecule has 0 bridgehead atoms. The van der Waals surface area contributed by atoms with E-state index in [9.17, 15) is 15.3 Å². The van der Waals surface area contributed by atoms with Gasteiger partial charge in [-0.3, -0.25) is 0 Å². The molecule has 112 valence electrons. The van der Waals surface area contributed by atoms with Gasteiger partial charge in [0.25, 0.3) is 0 Å². The summed E-state index contributed by atoms with van der Waals surface area (Å²) in [6.07, 6.45) is -5.33. The zero-order valence-corrected chi connectivity index (χ0v) is 11.1. The normalized spacial score (nSPS) is 34.1. The Bertz CT molecular complexity index is 400. The van der Waals surface area contributed by atoms with Gasteiger partial charge in [-0.05, 0) is 5.56 Å². The average molecular weight is 283 g/mol. The Hall–Kier alpha value is -1.02. The molecule has 1 fully saturated rings. The van der Waals surface area contributed by atoms with Crippen molar-refractivity contribution in [1.29, 1.82) is 0 Å². The molecule has 2 rings (SSSR count). The van der Waals surface area contributed by atoms with Gasteiger partial charge in [-0.1, -0.05) is 30.3 Å². The van der Waals surface area contributed by atoms with Crippen LogP contribution in [0, 0.1) is 0 Å². The maximum absolute atomic E-state index is 9.86. The maximum atomic E-state index is 9.86. The van der Waals surface area contributed by atoms with E-state index < -0.39 is 37.1 Å². The Morgan fingerprint density at radius 2 is 1.60 bits per heavy atom. The molecule has 1 saturated heterocycles. The van der Waals surface area contributed by atoms with E-state index in [1.165, 1.54) is 0 Å². The van der Waals surface area contributed by atoms with Crippen molar-refractivity contribution in [2.45, 2.75) is 37.1 Å². The Morgan fingerprint density at radius 3 is 2.25 bits per heavy atom. The number of nitrogens with one attached hydrogen (secondary N) is 1. The lowest BCUT2D eigenvalue weighted by Crippen LogP contribution is -2.60. The highest BCUT2D eigenvalue weighted by Gasteiger charge is 2.42. The quantitative estimate of drug-likeness (QED) is 0.456. The summed E-state index contributed by atoms with van der Waals surface area (Å²) in [6.45, 7) is 0.520. The molecule has 1 aliphatic heterocycles. The Kier molecular flexibility index (Phi) is 5.47. The van der Waals surface area contributed by atoms with Gasteiger partial charge in [0.15, 0.2) is 0 Å². The first-order chi connectivity index (χ1) is 9.63. The first kappa shape index (κ1) is 15.4. The van der Waals surface area contributed by atoms with Crippen molar-refractivity contribution in [3.8, 4) is 0 Å². The zero-order valence-electron chi connectivity index (χ0n) is 11.1. The van der Waals surface area contributed by atoms with E-state index in [-0.39, 0.29) is 0 Å². The Morgan fingerprint density at radius 1 is 0.950 bits per heavy atom. The Balaban J connectivity index is 1.85. The van der Waals surface area contributed by atoms with Crippen LogP contribution in [0.2, 0.25) is 0 Å². The second-order valence-corrected chi connectivity index (χ2v) is 4.98. The van der Waals surface area contributed by atoms with E-state index in [0.717, 1.165) is 5.56 Å². The largest absolute Gasteiger partial charge is 0.394 e. The Labute approximate surface area is 117 Å². The summed E-state index contributed by atoms with van der Waals surface area (Å²) < 4.78 is 5.40. The molecule has 20 heavy (non-hydrogen) atoms. The highest BCUT2D eigenvalue weighted by Crippen LogP contribution is 2.20. The van der Waals surface area contributed by atoms with Crippen molar-refractivity contribution in [1.82, 2.24) is 5.32 Å². The van der Waals surface area contributed by atoms with Crippen molar-refractivity contribution < 1.29 is 25.2 Å². The van der Waals surface area contributed by atoms with Crippen LogP contribution in [0.25, 0.3) is 0 Å². The van der Waals surface area contributed by atoms with Gasteiger partial charge in [0.2, 0.25) is 0 Å². The molecule has 0 amide bonds. The van der Waals surface area contributed by atoms with E-state index in [1.54, 1.807) is 0 Å². The lowest BCUT2D eigenvalue weighted by atomic mass is 9.95. The number of hydrogen-bond donors (Lipinski definition) is 5. The fourth-order valence-electron chi connectivity index (χ4n) is 2.30. The molecule has 1 aliphatic rings. The van der Waals surface area contributed by atoms with Crippen LogP contribution in [0.1, 0.15) is 5.56 Å². The number of ether oxygens (including phenoxy) is 1. The fraction of sp³-hybridized carbons (Fsp3) is 0.571. The van der Waals surface area contributed by atoms with Gasteiger partial charge < -0.3 is 30.5 Å².